The highest BCUT2D eigenvalue weighted by atomic mass is 16.5. The summed E-state index contributed by atoms with van der Waals surface area (Å²) in [6, 6.07) is 5.50. The monoisotopic (exact) mass is 245 g/mol. The standard InChI is InChI=1S/C13H15N3O2/c1-8-6-10(18-3)4-5-12(8)15-13(17)11-7-14-16-9(11)2/h4-7H,1-3H3,(H,14,16)(H,15,17). The van der Waals surface area contributed by atoms with E-state index in [0.29, 0.717) is 5.56 Å². The highest BCUT2D eigenvalue weighted by Crippen LogP contribution is 2.21. The zero-order chi connectivity index (χ0) is 13.1. The van der Waals surface area contributed by atoms with Crippen molar-refractivity contribution in [1.82, 2.24) is 10.2 Å². The van der Waals surface area contributed by atoms with Gasteiger partial charge in [-0.1, -0.05) is 0 Å². The Morgan fingerprint density at radius 1 is 1.39 bits per heavy atom. The molecule has 94 valence electrons. The molecule has 0 saturated heterocycles. The molecule has 0 aliphatic heterocycles. The Kier molecular flexibility index (Phi) is 3.32. The summed E-state index contributed by atoms with van der Waals surface area (Å²) in [7, 11) is 1.61. The molecule has 0 aliphatic rings. The van der Waals surface area contributed by atoms with E-state index in [1.54, 1.807) is 7.11 Å². The number of methoxy groups -OCH3 is 1. The van der Waals surface area contributed by atoms with Gasteiger partial charge < -0.3 is 10.1 Å². The molecule has 5 heteroatoms. The minimum absolute atomic E-state index is 0.172. The summed E-state index contributed by atoms with van der Waals surface area (Å²) in [6.07, 6.45) is 1.52. The van der Waals surface area contributed by atoms with Crippen molar-refractivity contribution < 1.29 is 9.53 Å². The van der Waals surface area contributed by atoms with Crippen molar-refractivity contribution in [2.75, 3.05) is 12.4 Å². The Hall–Kier alpha value is -2.30. The number of amides is 1. The smallest absolute Gasteiger partial charge is 0.259 e. The van der Waals surface area contributed by atoms with E-state index >= 15 is 0 Å². The van der Waals surface area contributed by atoms with Crippen LogP contribution in [0.25, 0.3) is 0 Å². The van der Waals surface area contributed by atoms with Crippen LogP contribution in [-0.2, 0) is 0 Å². The zero-order valence-electron chi connectivity index (χ0n) is 10.6. The van der Waals surface area contributed by atoms with Crippen molar-refractivity contribution >= 4 is 11.6 Å². The van der Waals surface area contributed by atoms with Crippen molar-refractivity contribution in [3.05, 3.63) is 41.2 Å². The van der Waals surface area contributed by atoms with Gasteiger partial charge in [-0.05, 0) is 37.6 Å². The van der Waals surface area contributed by atoms with Crippen LogP contribution >= 0.6 is 0 Å². The first-order valence-corrected chi connectivity index (χ1v) is 5.58. The van der Waals surface area contributed by atoms with Crippen LogP contribution in [0.15, 0.2) is 24.4 Å². The summed E-state index contributed by atoms with van der Waals surface area (Å²) in [6.45, 7) is 3.73. The van der Waals surface area contributed by atoms with E-state index in [2.05, 4.69) is 15.5 Å². The van der Waals surface area contributed by atoms with Crippen LogP contribution in [0.4, 0.5) is 5.69 Å². The number of anilines is 1. The number of aromatic nitrogens is 2. The van der Waals surface area contributed by atoms with E-state index in [0.717, 1.165) is 22.7 Å². The molecule has 0 atom stereocenters. The molecule has 0 aliphatic carbocycles. The second kappa shape index (κ2) is 4.91. The summed E-state index contributed by atoms with van der Waals surface area (Å²) in [5.41, 5.74) is 3.01. The van der Waals surface area contributed by atoms with Crippen LogP contribution in [0.5, 0.6) is 5.75 Å². The Balaban J connectivity index is 2.20. The Bertz CT molecular complexity index is 575. The van der Waals surface area contributed by atoms with Gasteiger partial charge in [-0.3, -0.25) is 9.89 Å². The summed E-state index contributed by atoms with van der Waals surface area (Å²) in [5.74, 6) is 0.597. The first-order valence-electron chi connectivity index (χ1n) is 5.58. The summed E-state index contributed by atoms with van der Waals surface area (Å²) in [4.78, 5) is 12.0. The molecule has 0 radical (unpaired) electrons. The molecule has 0 fully saturated rings. The number of ether oxygens (including phenoxy) is 1. The molecule has 2 N–H and O–H groups in total. The van der Waals surface area contributed by atoms with Crippen LogP contribution in [0.3, 0.4) is 0 Å². The highest BCUT2D eigenvalue weighted by molar-refractivity contribution is 6.05. The molecule has 1 aromatic carbocycles. The van der Waals surface area contributed by atoms with Gasteiger partial charge in [0, 0.05) is 11.4 Å². The molecule has 2 aromatic rings. The predicted molar refractivity (Wildman–Crippen MR) is 69.0 cm³/mol. The Morgan fingerprint density at radius 2 is 2.17 bits per heavy atom. The van der Waals surface area contributed by atoms with E-state index < -0.39 is 0 Å². The van der Waals surface area contributed by atoms with Crippen LogP contribution in [-0.4, -0.2) is 23.2 Å². The third-order valence-corrected chi connectivity index (χ3v) is 2.76. The lowest BCUT2D eigenvalue weighted by Crippen LogP contribution is -2.13. The quantitative estimate of drug-likeness (QED) is 0.871. The molecule has 1 aromatic heterocycles. The number of H-pyrrole nitrogens is 1. The largest absolute Gasteiger partial charge is 0.497 e. The Labute approximate surface area is 105 Å². The molecule has 18 heavy (non-hydrogen) atoms. The van der Waals surface area contributed by atoms with E-state index in [-0.39, 0.29) is 5.91 Å². The third-order valence-electron chi connectivity index (χ3n) is 2.76. The summed E-state index contributed by atoms with van der Waals surface area (Å²) < 4.78 is 5.12. The average Bonchev–Trinajstić information content (AvgIpc) is 2.78. The number of aromatic amines is 1. The Morgan fingerprint density at radius 3 is 2.72 bits per heavy atom. The van der Waals surface area contributed by atoms with E-state index in [9.17, 15) is 4.79 Å². The number of hydrogen-bond acceptors (Lipinski definition) is 3. The van der Waals surface area contributed by atoms with Crippen molar-refractivity contribution in [2.24, 2.45) is 0 Å². The minimum atomic E-state index is -0.172. The maximum absolute atomic E-state index is 12.0. The van der Waals surface area contributed by atoms with Gasteiger partial charge in [0.05, 0.1) is 18.9 Å². The first kappa shape index (κ1) is 12.2. The topological polar surface area (TPSA) is 67.0 Å². The van der Waals surface area contributed by atoms with Gasteiger partial charge in [0.15, 0.2) is 0 Å². The molecule has 0 saturated carbocycles. The van der Waals surface area contributed by atoms with Crippen molar-refractivity contribution in [1.29, 1.82) is 0 Å². The second-order valence-corrected chi connectivity index (χ2v) is 4.04. The lowest BCUT2D eigenvalue weighted by atomic mass is 10.1. The van der Waals surface area contributed by atoms with Crippen molar-refractivity contribution in [3.8, 4) is 5.75 Å². The fraction of sp³-hybridized carbons (Fsp3) is 0.231. The fourth-order valence-electron chi connectivity index (χ4n) is 1.67. The summed E-state index contributed by atoms with van der Waals surface area (Å²) >= 11 is 0. The number of carbonyl (C=O) groups excluding carboxylic acids is 1. The van der Waals surface area contributed by atoms with Gasteiger partial charge in [-0.25, -0.2) is 0 Å². The molecule has 1 heterocycles. The van der Waals surface area contributed by atoms with Gasteiger partial charge in [0.25, 0.3) is 5.91 Å². The number of benzene rings is 1. The zero-order valence-corrected chi connectivity index (χ0v) is 10.6. The molecule has 2 rings (SSSR count). The predicted octanol–water partition coefficient (Wildman–Crippen LogP) is 2.29. The lowest BCUT2D eigenvalue weighted by molar-refractivity contribution is 0.102. The summed E-state index contributed by atoms with van der Waals surface area (Å²) in [5, 5.41) is 9.42. The minimum Gasteiger partial charge on any atom is -0.497 e. The van der Waals surface area contributed by atoms with Gasteiger partial charge in [-0.2, -0.15) is 5.10 Å². The maximum Gasteiger partial charge on any atom is 0.259 e. The maximum atomic E-state index is 12.0. The van der Waals surface area contributed by atoms with E-state index in [1.165, 1.54) is 6.20 Å². The van der Waals surface area contributed by atoms with Crippen LogP contribution in [0.1, 0.15) is 21.6 Å². The fourth-order valence-corrected chi connectivity index (χ4v) is 1.67. The van der Waals surface area contributed by atoms with Crippen LogP contribution in [0, 0.1) is 13.8 Å². The van der Waals surface area contributed by atoms with Crippen LogP contribution < -0.4 is 10.1 Å². The number of nitrogens with one attached hydrogen (secondary N) is 2. The van der Waals surface area contributed by atoms with Gasteiger partial charge in [-0.15, -0.1) is 0 Å². The number of hydrogen-bond donors (Lipinski definition) is 2. The highest BCUT2D eigenvalue weighted by Gasteiger charge is 2.12. The van der Waals surface area contributed by atoms with E-state index in [1.807, 2.05) is 32.0 Å². The van der Waals surface area contributed by atoms with Gasteiger partial charge in [0.2, 0.25) is 0 Å². The molecule has 1 amide bonds. The third kappa shape index (κ3) is 2.34. The number of nitrogens with zero attached hydrogens (tertiary/aromatic N) is 1. The van der Waals surface area contributed by atoms with Gasteiger partial charge in [0.1, 0.15) is 5.75 Å². The van der Waals surface area contributed by atoms with E-state index in [4.69, 9.17) is 4.74 Å². The second-order valence-electron chi connectivity index (χ2n) is 4.04. The molecule has 0 bridgehead atoms. The van der Waals surface area contributed by atoms with Crippen molar-refractivity contribution in [2.45, 2.75) is 13.8 Å². The normalized spacial score (nSPS) is 10.2. The number of rotatable bonds is 3. The average molecular weight is 245 g/mol. The van der Waals surface area contributed by atoms with Crippen LogP contribution in [0.2, 0.25) is 0 Å². The number of carbonyl (C=O) groups is 1. The number of aryl methyl sites for hydroxylation is 2. The van der Waals surface area contributed by atoms with Gasteiger partial charge >= 0.3 is 0 Å². The SMILES string of the molecule is COc1ccc(NC(=O)c2cn[nH]c2C)c(C)c1. The molecule has 5 nitrogen and oxygen atoms in total. The molecule has 0 unspecified atom stereocenters. The first-order chi connectivity index (χ1) is 8.61. The lowest BCUT2D eigenvalue weighted by Gasteiger charge is -2.09. The molecular weight excluding hydrogens is 230 g/mol. The molecule has 0 spiro atoms. The molecular formula is C13H15N3O2. The van der Waals surface area contributed by atoms with Crippen molar-refractivity contribution in [3.63, 3.8) is 0 Å².